The van der Waals surface area contributed by atoms with Crippen LogP contribution in [0.1, 0.15) is 10.5 Å². The molecular weight excluding hydrogens is 234 g/mol. The van der Waals surface area contributed by atoms with Crippen LogP contribution < -0.4 is 5.32 Å². The van der Waals surface area contributed by atoms with Crippen LogP contribution in [0.4, 0.5) is 0 Å². The maximum atomic E-state index is 11.5. The molecule has 0 aromatic carbocycles. The van der Waals surface area contributed by atoms with Crippen LogP contribution in [0, 0.1) is 0 Å². The van der Waals surface area contributed by atoms with Gasteiger partial charge in [0.15, 0.2) is 6.29 Å². The molecule has 1 amide bonds. The molecule has 0 fully saturated rings. The first-order valence-corrected chi connectivity index (χ1v) is 4.86. The zero-order valence-electron chi connectivity index (χ0n) is 8.94. The second kappa shape index (κ2) is 6.37. The van der Waals surface area contributed by atoms with Crippen LogP contribution in [-0.2, 0) is 9.47 Å². The highest BCUT2D eigenvalue weighted by molar-refractivity contribution is 6.29. The van der Waals surface area contributed by atoms with Crippen molar-refractivity contribution < 1.29 is 14.3 Å². The first-order valence-electron chi connectivity index (χ1n) is 4.48. The van der Waals surface area contributed by atoms with Crippen molar-refractivity contribution >= 4 is 17.5 Å². The predicted molar refractivity (Wildman–Crippen MR) is 57.2 cm³/mol. The number of hydrogen-bond donors (Lipinski definition) is 1. The highest BCUT2D eigenvalue weighted by Gasteiger charge is 2.10. The Bertz CT molecular complexity index is 340. The molecule has 0 saturated carbocycles. The van der Waals surface area contributed by atoms with Crippen LogP contribution >= 0.6 is 11.6 Å². The molecular formula is C9H12ClN3O3. The average Bonchev–Trinajstić information content (AvgIpc) is 2.31. The summed E-state index contributed by atoms with van der Waals surface area (Å²) in [6.45, 7) is 0.232. The quantitative estimate of drug-likeness (QED) is 0.764. The number of halogens is 1. The topological polar surface area (TPSA) is 73.3 Å². The fourth-order valence-electron chi connectivity index (χ4n) is 0.959. The molecule has 0 aliphatic heterocycles. The van der Waals surface area contributed by atoms with Crippen LogP contribution in [0.5, 0.6) is 0 Å². The number of hydrogen-bond acceptors (Lipinski definition) is 5. The molecule has 6 nitrogen and oxygen atoms in total. The number of aromatic nitrogens is 2. The van der Waals surface area contributed by atoms with E-state index in [2.05, 4.69) is 15.3 Å². The van der Waals surface area contributed by atoms with E-state index in [0.29, 0.717) is 0 Å². The van der Waals surface area contributed by atoms with Gasteiger partial charge >= 0.3 is 0 Å². The summed E-state index contributed by atoms with van der Waals surface area (Å²) in [6, 6.07) is 0. The first-order chi connectivity index (χ1) is 7.67. The van der Waals surface area contributed by atoms with Crippen LogP contribution in [-0.4, -0.2) is 42.9 Å². The van der Waals surface area contributed by atoms with Crippen molar-refractivity contribution in [3.63, 3.8) is 0 Å². The standard InChI is InChI=1S/C9H12ClN3O3/c1-15-8(16-2)5-13-9(14)6-3-12-7(10)4-11-6/h3-4,8H,5H2,1-2H3,(H,13,14). The van der Waals surface area contributed by atoms with Crippen molar-refractivity contribution in [2.75, 3.05) is 20.8 Å². The van der Waals surface area contributed by atoms with E-state index >= 15 is 0 Å². The van der Waals surface area contributed by atoms with Crippen molar-refractivity contribution in [1.82, 2.24) is 15.3 Å². The number of nitrogens with one attached hydrogen (secondary N) is 1. The molecule has 0 saturated heterocycles. The molecule has 0 aliphatic carbocycles. The molecule has 7 heteroatoms. The lowest BCUT2D eigenvalue weighted by molar-refractivity contribution is -0.0974. The Hall–Kier alpha value is -1.24. The van der Waals surface area contributed by atoms with E-state index in [0.717, 1.165) is 0 Å². The number of amides is 1. The minimum absolute atomic E-state index is 0.190. The number of ether oxygens (including phenoxy) is 2. The molecule has 1 heterocycles. The summed E-state index contributed by atoms with van der Waals surface area (Å²) in [5.41, 5.74) is 0.190. The highest BCUT2D eigenvalue weighted by Crippen LogP contribution is 2.01. The Kier molecular flexibility index (Phi) is 5.10. The van der Waals surface area contributed by atoms with Crippen molar-refractivity contribution in [2.45, 2.75) is 6.29 Å². The fourth-order valence-corrected chi connectivity index (χ4v) is 1.06. The van der Waals surface area contributed by atoms with Gasteiger partial charge in [-0.25, -0.2) is 9.97 Å². The normalized spacial score (nSPS) is 10.5. The van der Waals surface area contributed by atoms with Crippen molar-refractivity contribution in [3.05, 3.63) is 23.2 Å². The maximum Gasteiger partial charge on any atom is 0.271 e. The monoisotopic (exact) mass is 245 g/mol. The number of rotatable bonds is 5. The molecule has 16 heavy (non-hydrogen) atoms. The number of carbonyl (C=O) groups is 1. The third-order valence-electron chi connectivity index (χ3n) is 1.81. The molecule has 1 rings (SSSR count). The Morgan fingerprint density at radius 1 is 1.44 bits per heavy atom. The fraction of sp³-hybridized carbons (Fsp3) is 0.444. The Balaban J connectivity index is 2.49. The number of carbonyl (C=O) groups excluding carboxylic acids is 1. The Morgan fingerprint density at radius 2 is 2.12 bits per heavy atom. The molecule has 0 aliphatic rings. The summed E-state index contributed by atoms with van der Waals surface area (Å²) in [5.74, 6) is -0.358. The van der Waals surface area contributed by atoms with E-state index in [9.17, 15) is 4.79 Å². The molecule has 1 N–H and O–H groups in total. The minimum Gasteiger partial charge on any atom is -0.354 e. The summed E-state index contributed by atoms with van der Waals surface area (Å²) in [7, 11) is 2.98. The predicted octanol–water partition coefficient (Wildman–Crippen LogP) is 0.479. The number of nitrogens with zero attached hydrogens (tertiary/aromatic N) is 2. The first kappa shape index (κ1) is 12.8. The Morgan fingerprint density at radius 3 is 2.62 bits per heavy atom. The summed E-state index contributed by atoms with van der Waals surface area (Å²) >= 11 is 5.54. The van der Waals surface area contributed by atoms with Gasteiger partial charge in [-0.1, -0.05) is 11.6 Å². The van der Waals surface area contributed by atoms with E-state index in [1.54, 1.807) is 0 Å². The highest BCUT2D eigenvalue weighted by atomic mass is 35.5. The van der Waals surface area contributed by atoms with Crippen molar-refractivity contribution in [2.24, 2.45) is 0 Å². The second-order valence-corrected chi connectivity index (χ2v) is 3.22. The van der Waals surface area contributed by atoms with E-state index in [4.69, 9.17) is 21.1 Å². The summed E-state index contributed by atoms with van der Waals surface area (Å²) in [4.78, 5) is 19.1. The maximum absolute atomic E-state index is 11.5. The van der Waals surface area contributed by atoms with Crippen LogP contribution in [0.25, 0.3) is 0 Å². The zero-order chi connectivity index (χ0) is 12.0. The van der Waals surface area contributed by atoms with Gasteiger partial charge in [0.05, 0.1) is 18.9 Å². The van der Waals surface area contributed by atoms with Gasteiger partial charge in [-0.3, -0.25) is 4.79 Å². The smallest absolute Gasteiger partial charge is 0.271 e. The molecule has 0 unspecified atom stereocenters. The van der Waals surface area contributed by atoms with E-state index in [1.807, 2.05) is 0 Å². The van der Waals surface area contributed by atoms with Crippen LogP contribution in [0.15, 0.2) is 12.4 Å². The van der Waals surface area contributed by atoms with Gasteiger partial charge in [0, 0.05) is 14.2 Å². The SMILES string of the molecule is COC(CNC(=O)c1cnc(Cl)cn1)OC. The van der Waals surface area contributed by atoms with E-state index in [-0.39, 0.29) is 23.3 Å². The molecule has 0 atom stereocenters. The van der Waals surface area contributed by atoms with Gasteiger partial charge in [-0.15, -0.1) is 0 Å². The lowest BCUT2D eigenvalue weighted by Crippen LogP contribution is -2.34. The van der Waals surface area contributed by atoms with Gasteiger partial charge in [0.2, 0.25) is 0 Å². The van der Waals surface area contributed by atoms with Gasteiger partial charge in [-0.05, 0) is 0 Å². The largest absolute Gasteiger partial charge is 0.354 e. The summed E-state index contributed by atoms with van der Waals surface area (Å²) in [6.07, 6.45) is 2.12. The van der Waals surface area contributed by atoms with Gasteiger partial charge in [0.1, 0.15) is 10.8 Å². The zero-order valence-corrected chi connectivity index (χ0v) is 9.69. The second-order valence-electron chi connectivity index (χ2n) is 2.84. The third-order valence-corrected chi connectivity index (χ3v) is 2.00. The van der Waals surface area contributed by atoms with Gasteiger partial charge in [0.25, 0.3) is 5.91 Å². The Labute approximate surface area is 97.9 Å². The molecule has 88 valence electrons. The van der Waals surface area contributed by atoms with Crippen LogP contribution in [0.3, 0.4) is 0 Å². The molecule has 1 aromatic rings. The molecule has 1 aromatic heterocycles. The lowest BCUT2D eigenvalue weighted by Gasteiger charge is -2.13. The van der Waals surface area contributed by atoms with Gasteiger partial charge < -0.3 is 14.8 Å². The van der Waals surface area contributed by atoms with Gasteiger partial charge in [-0.2, -0.15) is 0 Å². The molecule has 0 radical (unpaired) electrons. The molecule has 0 spiro atoms. The minimum atomic E-state index is -0.482. The summed E-state index contributed by atoms with van der Waals surface area (Å²) < 4.78 is 9.82. The lowest BCUT2D eigenvalue weighted by atomic mass is 10.4. The van der Waals surface area contributed by atoms with Crippen LogP contribution in [0.2, 0.25) is 5.15 Å². The average molecular weight is 246 g/mol. The van der Waals surface area contributed by atoms with E-state index in [1.165, 1.54) is 26.6 Å². The number of methoxy groups -OCH3 is 2. The molecule has 0 bridgehead atoms. The van der Waals surface area contributed by atoms with E-state index < -0.39 is 6.29 Å². The van der Waals surface area contributed by atoms with Crippen molar-refractivity contribution in [3.8, 4) is 0 Å². The van der Waals surface area contributed by atoms with Crippen molar-refractivity contribution in [1.29, 1.82) is 0 Å². The summed E-state index contributed by atoms with van der Waals surface area (Å²) in [5, 5.41) is 2.82. The third kappa shape index (κ3) is 3.73.